The number of rotatable bonds is 3. The summed E-state index contributed by atoms with van der Waals surface area (Å²) in [6.07, 6.45) is -1.69. The lowest BCUT2D eigenvalue weighted by atomic mass is 10.00. The third-order valence-electron chi connectivity index (χ3n) is 7.09. The normalized spacial score (nSPS) is 16.2. The highest BCUT2D eigenvalue weighted by atomic mass is 79.9. The van der Waals surface area contributed by atoms with E-state index in [0.29, 0.717) is 11.6 Å². The fourth-order valence-electron chi connectivity index (χ4n) is 5.16. The molecule has 1 unspecified atom stereocenters. The number of hydrogen-bond acceptors (Lipinski definition) is 4. The number of hydrogen-bond donors (Lipinski definition) is 2. The molecule has 2 N–H and O–H groups in total. The van der Waals surface area contributed by atoms with Crippen molar-refractivity contribution in [2.75, 3.05) is 25.0 Å². The lowest BCUT2D eigenvalue weighted by Gasteiger charge is -2.40. The van der Waals surface area contributed by atoms with Crippen molar-refractivity contribution >= 4 is 39.7 Å². The summed E-state index contributed by atoms with van der Waals surface area (Å²) in [6.45, 7) is 8.03. The van der Waals surface area contributed by atoms with Crippen LogP contribution in [0, 0.1) is 0 Å². The maximum absolute atomic E-state index is 12.4. The molecule has 1 saturated heterocycles. The Hall–Kier alpha value is -3.85. The van der Waals surface area contributed by atoms with E-state index >= 15 is 0 Å². The number of fused-ring (bicyclic) bond motifs is 3. The molecule has 1 fully saturated rings. The molecule has 0 aromatic heterocycles. The molecule has 41 heavy (non-hydrogen) atoms. The molecule has 3 aromatic rings. The number of ether oxygens (including phenoxy) is 1. The molecule has 1 atom stereocenters. The van der Waals surface area contributed by atoms with Crippen LogP contribution in [0.2, 0.25) is 0 Å². The molecule has 5 rings (SSSR count). The lowest BCUT2D eigenvalue weighted by molar-refractivity contribution is -0.117. The molecule has 1 aliphatic carbocycles. The molecule has 1 aliphatic heterocycles. The van der Waals surface area contributed by atoms with Crippen LogP contribution in [0.15, 0.2) is 77.3 Å². The summed E-state index contributed by atoms with van der Waals surface area (Å²) in [4.78, 5) is 38.9. The smallest absolute Gasteiger partial charge is 0.410 e. The number of carbonyl (C=O) groups is 3. The maximum atomic E-state index is 12.4. The SMILES string of the molecule is CC(C)(C)OC(=O)N1CCN(C(=O)O)C(CC(=O)Nc2ccccc2Br)C1.CC1c2ccccc2-c2ccccc21. The minimum absolute atomic E-state index is 0.0626. The Labute approximate surface area is 249 Å². The number of amides is 3. The second-order valence-corrected chi connectivity index (χ2v) is 12.0. The van der Waals surface area contributed by atoms with Gasteiger partial charge in [-0.15, -0.1) is 0 Å². The lowest BCUT2D eigenvalue weighted by Crippen LogP contribution is -2.57. The van der Waals surface area contributed by atoms with Crippen LogP contribution in [0.25, 0.3) is 11.1 Å². The van der Waals surface area contributed by atoms with Gasteiger partial charge >= 0.3 is 12.2 Å². The first-order valence-corrected chi connectivity index (χ1v) is 14.4. The van der Waals surface area contributed by atoms with Crippen molar-refractivity contribution < 1.29 is 24.2 Å². The third kappa shape index (κ3) is 7.47. The summed E-state index contributed by atoms with van der Waals surface area (Å²) in [7, 11) is 0. The van der Waals surface area contributed by atoms with Crippen LogP contribution in [0.3, 0.4) is 0 Å². The number of para-hydroxylation sites is 1. The van der Waals surface area contributed by atoms with Gasteiger partial charge in [0.25, 0.3) is 0 Å². The fourth-order valence-corrected chi connectivity index (χ4v) is 5.54. The molecule has 0 spiro atoms. The van der Waals surface area contributed by atoms with Crippen LogP contribution < -0.4 is 5.32 Å². The van der Waals surface area contributed by atoms with Gasteiger partial charge in [-0.3, -0.25) is 4.79 Å². The summed E-state index contributed by atoms with van der Waals surface area (Å²) in [5, 5.41) is 12.2. The van der Waals surface area contributed by atoms with Crippen molar-refractivity contribution in [3.8, 4) is 11.1 Å². The van der Waals surface area contributed by atoms with Crippen molar-refractivity contribution in [1.29, 1.82) is 0 Å². The predicted octanol–water partition coefficient (Wildman–Crippen LogP) is 7.20. The largest absolute Gasteiger partial charge is 0.465 e. The van der Waals surface area contributed by atoms with Crippen LogP contribution in [-0.2, 0) is 9.53 Å². The second kappa shape index (κ2) is 12.8. The standard InChI is InChI=1S/C18H24BrN3O5.C14H12/c1-18(2,3)27-17(26)21-8-9-22(16(24)25)12(11-21)10-15(23)20-14-7-5-4-6-13(14)19;1-10-11-6-2-4-8-13(11)14-9-5-3-7-12(10)14/h4-7,12H,8-11H2,1-3H3,(H,20,23)(H,24,25);2-10H,1H3. The summed E-state index contributed by atoms with van der Waals surface area (Å²) >= 11 is 3.35. The van der Waals surface area contributed by atoms with Crippen LogP contribution >= 0.6 is 15.9 Å². The number of benzene rings is 3. The number of anilines is 1. The Morgan fingerprint density at radius 3 is 2.05 bits per heavy atom. The minimum Gasteiger partial charge on any atom is -0.465 e. The molecule has 0 saturated carbocycles. The molecule has 3 aromatic carbocycles. The number of nitrogens with one attached hydrogen (secondary N) is 1. The van der Waals surface area contributed by atoms with Gasteiger partial charge < -0.3 is 25.0 Å². The van der Waals surface area contributed by atoms with Gasteiger partial charge in [0.2, 0.25) is 5.91 Å². The van der Waals surface area contributed by atoms with Gasteiger partial charge in [-0.1, -0.05) is 67.6 Å². The van der Waals surface area contributed by atoms with Crippen molar-refractivity contribution in [3.05, 3.63) is 88.4 Å². The first-order valence-electron chi connectivity index (χ1n) is 13.6. The van der Waals surface area contributed by atoms with E-state index in [1.807, 2.05) is 6.07 Å². The summed E-state index contributed by atoms with van der Waals surface area (Å²) in [5.74, 6) is 0.228. The van der Waals surface area contributed by atoms with Crippen LogP contribution in [0.4, 0.5) is 15.3 Å². The Kier molecular flexibility index (Phi) is 9.38. The second-order valence-electron chi connectivity index (χ2n) is 11.2. The Morgan fingerprint density at radius 1 is 0.927 bits per heavy atom. The molecule has 2 aliphatic rings. The summed E-state index contributed by atoms with van der Waals surface area (Å²) in [6, 6.07) is 23.9. The first kappa shape index (κ1) is 30.1. The Balaban J connectivity index is 0.000000228. The molecular weight excluding hydrogens is 586 g/mol. The van der Waals surface area contributed by atoms with Gasteiger partial charge in [0.1, 0.15) is 5.60 Å². The van der Waals surface area contributed by atoms with E-state index in [1.54, 1.807) is 39.0 Å². The van der Waals surface area contributed by atoms with E-state index in [-0.39, 0.29) is 32.0 Å². The highest BCUT2D eigenvalue weighted by Gasteiger charge is 2.35. The average Bonchev–Trinajstić information content (AvgIpc) is 3.21. The van der Waals surface area contributed by atoms with Gasteiger partial charge in [0.05, 0.1) is 11.7 Å². The molecule has 9 heteroatoms. The average molecular weight is 623 g/mol. The van der Waals surface area contributed by atoms with Crippen LogP contribution in [0.1, 0.15) is 51.2 Å². The van der Waals surface area contributed by atoms with E-state index in [2.05, 4.69) is 76.7 Å². The molecule has 3 amide bonds. The van der Waals surface area contributed by atoms with Gasteiger partial charge in [-0.05, 0) is 71.1 Å². The molecule has 8 nitrogen and oxygen atoms in total. The zero-order valence-electron chi connectivity index (χ0n) is 23.8. The van der Waals surface area contributed by atoms with Gasteiger partial charge in [0.15, 0.2) is 0 Å². The quantitative estimate of drug-likeness (QED) is 0.322. The number of halogens is 1. The van der Waals surface area contributed by atoms with E-state index in [0.717, 1.165) is 4.47 Å². The molecule has 216 valence electrons. The number of carboxylic acid groups (broad SMARTS) is 1. The maximum Gasteiger partial charge on any atom is 0.410 e. The van der Waals surface area contributed by atoms with E-state index in [9.17, 15) is 19.5 Å². The Morgan fingerprint density at radius 2 is 1.49 bits per heavy atom. The molecule has 0 radical (unpaired) electrons. The summed E-state index contributed by atoms with van der Waals surface area (Å²) < 4.78 is 6.08. The first-order chi connectivity index (χ1) is 19.4. The number of carbonyl (C=O) groups excluding carboxylic acids is 2. The monoisotopic (exact) mass is 621 g/mol. The van der Waals surface area contributed by atoms with Crippen LogP contribution in [0.5, 0.6) is 0 Å². The summed E-state index contributed by atoms with van der Waals surface area (Å²) in [5.41, 5.74) is 5.71. The number of nitrogens with zero attached hydrogens (tertiary/aromatic N) is 2. The van der Waals surface area contributed by atoms with E-state index in [1.165, 1.54) is 32.1 Å². The van der Waals surface area contributed by atoms with Gasteiger partial charge in [-0.2, -0.15) is 0 Å². The third-order valence-corrected chi connectivity index (χ3v) is 7.79. The molecular formula is C32H36BrN3O5. The fraction of sp³-hybridized carbons (Fsp3) is 0.344. The molecule has 1 heterocycles. The van der Waals surface area contributed by atoms with Gasteiger partial charge in [-0.25, -0.2) is 9.59 Å². The van der Waals surface area contributed by atoms with Crippen LogP contribution in [-0.4, -0.2) is 64.3 Å². The van der Waals surface area contributed by atoms with Gasteiger partial charge in [0, 0.05) is 36.4 Å². The minimum atomic E-state index is -1.11. The highest BCUT2D eigenvalue weighted by Crippen LogP contribution is 2.43. The predicted molar refractivity (Wildman–Crippen MR) is 163 cm³/mol. The topological polar surface area (TPSA) is 99.2 Å². The Bertz CT molecular complexity index is 1370. The van der Waals surface area contributed by atoms with Crippen molar-refractivity contribution in [2.24, 2.45) is 0 Å². The molecule has 0 bridgehead atoms. The van der Waals surface area contributed by atoms with Crippen molar-refractivity contribution in [2.45, 2.75) is 51.7 Å². The number of piperazine rings is 1. The van der Waals surface area contributed by atoms with E-state index in [4.69, 9.17) is 4.74 Å². The zero-order valence-corrected chi connectivity index (χ0v) is 25.3. The van der Waals surface area contributed by atoms with E-state index < -0.39 is 23.8 Å². The van der Waals surface area contributed by atoms with Crippen molar-refractivity contribution in [1.82, 2.24) is 9.80 Å². The zero-order chi connectivity index (χ0) is 29.7. The highest BCUT2D eigenvalue weighted by molar-refractivity contribution is 9.10. The van der Waals surface area contributed by atoms with Crippen molar-refractivity contribution in [3.63, 3.8) is 0 Å².